The highest BCUT2D eigenvalue weighted by Gasteiger charge is 2.33. The van der Waals surface area contributed by atoms with E-state index in [2.05, 4.69) is 10.3 Å². The number of ketones is 1. The highest BCUT2D eigenvalue weighted by molar-refractivity contribution is 6.31. The Bertz CT molecular complexity index is 872. The van der Waals surface area contributed by atoms with E-state index in [1.807, 2.05) is 0 Å². The predicted molar refractivity (Wildman–Crippen MR) is 87.2 cm³/mol. The molecule has 0 saturated heterocycles. The number of aryl methyl sites for hydroxylation is 1. The van der Waals surface area contributed by atoms with Crippen molar-refractivity contribution in [3.8, 4) is 0 Å². The van der Waals surface area contributed by atoms with Crippen LogP contribution >= 0.6 is 11.6 Å². The number of halogens is 4. The Morgan fingerprint density at radius 1 is 1.28 bits per heavy atom. The van der Waals surface area contributed by atoms with Crippen LogP contribution in [0.1, 0.15) is 50.5 Å². The number of Topliss-reactive ketones (excluding diaryl/α,β-unsaturated/α-hetero) is 1. The maximum absolute atomic E-state index is 12.9. The van der Waals surface area contributed by atoms with E-state index in [1.54, 1.807) is 6.92 Å². The fourth-order valence-electron chi connectivity index (χ4n) is 3.02. The van der Waals surface area contributed by atoms with Gasteiger partial charge in [0.2, 0.25) is 0 Å². The van der Waals surface area contributed by atoms with Crippen LogP contribution in [0.3, 0.4) is 0 Å². The fourth-order valence-corrected chi connectivity index (χ4v) is 3.24. The molecule has 132 valence electrons. The molecule has 1 amide bonds. The monoisotopic (exact) mass is 370 g/mol. The lowest BCUT2D eigenvalue weighted by atomic mass is 9.94. The van der Waals surface area contributed by atoms with Gasteiger partial charge in [-0.25, -0.2) is 0 Å². The van der Waals surface area contributed by atoms with Gasteiger partial charge in [-0.15, -0.1) is 0 Å². The number of rotatable bonds is 2. The van der Waals surface area contributed by atoms with Crippen molar-refractivity contribution in [3.05, 3.63) is 51.3 Å². The molecule has 4 nitrogen and oxygen atoms in total. The van der Waals surface area contributed by atoms with Crippen LogP contribution in [-0.2, 0) is 12.6 Å². The van der Waals surface area contributed by atoms with Crippen LogP contribution in [-0.4, -0.2) is 16.7 Å². The van der Waals surface area contributed by atoms with Gasteiger partial charge in [0, 0.05) is 23.4 Å². The normalized spacial score (nSPS) is 14.4. The number of aromatic nitrogens is 1. The molecule has 1 aromatic heterocycles. The Kier molecular flexibility index (Phi) is 4.36. The third kappa shape index (κ3) is 3.28. The van der Waals surface area contributed by atoms with Crippen molar-refractivity contribution in [1.29, 1.82) is 0 Å². The number of alkyl halides is 3. The molecular formula is C17H14ClF3N2O2. The van der Waals surface area contributed by atoms with Gasteiger partial charge in [0.1, 0.15) is 5.69 Å². The number of nitrogens with one attached hydrogen (secondary N) is 2. The number of benzene rings is 1. The molecule has 1 heterocycles. The molecule has 0 fully saturated rings. The molecule has 25 heavy (non-hydrogen) atoms. The van der Waals surface area contributed by atoms with Gasteiger partial charge in [-0.3, -0.25) is 9.59 Å². The molecule has 0 atom stereocenters. The number of amides is 1. The van der Waals surface area contributed by atoms with Crippen LogP contribution in [0.5, 0.6) is 0 Å². The average molecular weight is 371 g/mol. The second kappa shape index (κ2) is 6.22. The van der Waals surface area contributed by atoms with E-state index in [0.717, 1.165) is 12.1 Å². The van der Waals surface area contributed by atoms with Crippen LogP contribution in [0, 0.1) is 6.92 Å². The number of carbonyl (C=O) groups is 2. The van der Waals surface area contributed by atoms with Crippen molar-refractivity contribution >= 4 is 29.0 Å². The summed E-state index contributed by atoms with van der Waals surface area (Å²) in [5, 5.41) is 1.98. The molecule has 1 aliphatic carbocycles. The first-order chi connectivity index (χ1) is 11.7. The molecule has 0 aliphatic heterocycles. The second-order valence-electron chi connectivity index (χ2n) is 5.90. The summed E-state index contributed by atoms with van der Waals surface area (Å²) in [6, 6.07) is 3.15. The van der Waals surface area contributed by atoms with Crippen molar-refractivity contribution in [1.82, 2.24) is 4.98 Å². The average Bonchev–Trinajstić information content (AvgIpc) is 2.86. The first-order valence-corrected chi connectivity index (χ1v) is 7.99. The maximum Gasteiger partial charge on any atom is 0.417 e. The second-order valence-corrected chi connectivity index (χ2v) is 6.31. The molecule has 0 saturated carbocycles. The fraction of sp³-hybridized carbons (Fsp3) is 0.294. The van der Waals surface area contributed by atoms with E-state index in [-0.39, 0.29) is 17.2 Å². The summed E-state index contributed by atoms with van der Waals surface area (Å²) >= 11 is 5.57. The van der Waals surface area contributed by atoms with Crippen molar-refractivity contribution in [2.75, 3.05) is 5.32 Å². The highest BCUT2D eigenvalue weighted by Crippen LogP contribution is 2.36. The number of H-pyrrole nitrogens is 1. The first-order valence-electron chi connectivity index (χ1n) is 7.61. The largest absolute Gasteiger partial charge is 0.417 e. The summed E-state index contributed by atoms with van der Waals surface area (Å²) in [6.07, 6.45) is -2.82. The van der Waals surface area contributed by atoms with Gasteiger partial charge >= 0.3 is 6.18 Å². The standard InChI is InChI=1S/C17H14ClF3N2O2/c1-8-14-12(3-2-4-13(14)24)23-15(8)16(25)22-9-5-6-11(18)10(7-9)17(19,20)21/h5-7,23H,2-4H2,1H3,(H,22,25). The van der Waals surface area contributed by atoms with Gasteiger partial charge in [0.05, 0.1) is 10.6 Å². The summed E-state index contributed by atoms with van der Waals surface area (Å²) in [7, 11) is 0. The van der Waals surface area contributed by atoms with Crippen molar-refractivity contribution in [2.24, 2.45) is 0 Å². The number of fused-ring (bicyclic) bond motifs is 1. The van der Waals surface area contributed by atoms with Gasteiger partial charge in [0.15, 0.2) is 5.78 Å². The molecule has 8 heteroatoms. The zero-order chi connectivity index (χ0) is 18.4. The van der Waals surface area contributed by atoms with Crippen LogP contribution in [0.2, 0.25) is 5.02 Å². The molecule has 1 aliphatic rings. The predicted octanol–water partition coefficient (Wildman–Crippen LogP) is 4.77. The summed E-state index contributed by atoms with van der Waals surface area (Å²) in [5.74, 6) is -0.630. The summed E-state index contributed by atoms with van der Waals surface area (Å²) in [4.78, 5) is 27.4. The Morgan fingerprint density at radius 3 is 2.64 bits per heavy atom. The summed E-state index contributed by atoms with van der Waals surface area (Å²) in [6.45, 7) is 1.65. The van der Waals surface area contributed by atoms with E-state index < -0.39 is 22.7 Å². The molecule has 0 spiro atoms. The van der Waals surface area contributed by atoms with Crippen LogP contribution in [0.15, 0.2) is 18.2 Å². The van der Waals surface area contributed by atoms with E-state index in [0.29, 0.717) is 36.1 Å². The molecule has 0 radical (unpaired) electrons. The van der Waals surface area contributed by atoms with E-state index >= 15 is 0 Å². The van der Waals surface area contributed by atoms with Gasteiger partial charge in [-0.2, -0.15) is 13.2 Å². The quantitative estimate of drug-likeness (QED) is 0.800. The third-order valence-electron chi connectivity index (χ3n) is 4.19. The summed E-state index contributed by atoms with van der Waals surface area (Å²) in [5.41, 5.74) is 0.866. The van der Waals surface area contributed by atoms with Gasteiger partial charge < -0.3 is 10.3 Å². The summed E-state index contributed by atoms with van der Waals surface area (Å²) < 4.78 is 38.7. The molecule has 1 aromatic carbocycles. The zero-order valence-corrected chi connectivity index (χ0v) is 13.9. The highest BCUT2D eigenvalue weighted by atomic mass is 35.5. The smallest absolute Gasteiger partial charge is 0.354 e. The molecular weight excluding hydrogens is 357 g/mol. The molecule has 3 rings (SSSR count). The number of aromatic amines is 1. The van der Waals surface area contributed by atoms with E-state index in [4.69, 9.17) is 11.6 Å². The molecule has 2 aromatic rings. The Hall–Kier alpha value is -2.28. The minimum absolute atomic E-state index is 0.0278. The van der Waals surface area contributed by atoms with Gasteiger partial charge in [-0.05, 0) is 43.5 Å². The van der Waals surface area contributed by atoms with Gasteiger partial charge in [0.25, 0.3) is 5.91 Å². The maximum atomic E-state index is 12.9. The van der Waals surface area contributed by atoms with Crippen LogP contribution in [0.4, 0.5) is 18.9 Å². The van der Waals surface area contributed by atoms with Gasteiger partial charge in [-0.1, -0.05) is 11.6 Å². The lowest BCUT2D eigenvalue weighted by Crippen LogP contribution is -2.15. The first kappa shape index (κ1) is 17.5. The number of hydrogen-bond donors (Lipinski definition) is 2. The van der Waals surface area contributed by atoms with Crippen molar-refractivity contribution in [2.45, 2.75) is 32.4 Å². The topological polar surface area (TPSA) is 62.0 Å². The number of hydrogen-bond acceptors (Lipinski definition) is 2. The van der Waals surface area contributed by atoms with Crippen LogP contribution in [0.25, 0.3) is 0 Å². The molecule has 0 unspecified atom stereocenters. The SMILES string of the molecule is Cc1c(C(=O)Nc2ccc(Cl)c(C(F)(F)F)c2)[nH]c2c1C(=O)CCC2. The minimum atomic E-state index is -4.62. The minimum Gasteiger partial charge on any atom is -0.354 e. The Morgan fingerprint density at radius 2 is 2.00 bits per heavy atom. The van der Waals surface area contributed by atoms with E-state index in [1.165, 1.54) is 6.07 Å². The molecule has 0 bridgehead atoms. The van der Waals surface area contributed by atoms with Crippen LogP contribution < -0.4 is 5.32 Å². The Labute approximate surface area is 146 Å². The van der Waals surface area contributed by atoms with E-state index in [9.17, 15) is 22.8 Å². The van der Waals surface area contributed by atoms with Crippen molar-refractivity contribution < 1.29 is 22.8 Å². The lowest BCUT2D eigenvalue weighted by Gasteiger charge is -2.11. The third-order valence-corrected chi connectivity index (χ3v) is 4.52. The Balaban J connectivity index is 1.90. The number of carbonyl (C=O) groups excluding carboxylic acids is 2. The molecule has 2 N–H and O–H groups in total. The lowest BCUT2D eigenvalue weighted by molar-refractivity contribution is -0.137. The number of anilines is 1. The zero-order valence-electron chi connectivity index (χ0n) is 13.2. The van der Waals surface area contributed by atoms with Crippen molar-refractivity contribution in [3.63, 3.8) is 0 Å².